The molecule has 0 aromatic carbocycles. The summed E-state index contributed by atoms with van der Waals surface area (Å²) in [4.78, 5) is 30.7. The van der Waals surface area contributed by atoms with Gasteiger partial charge in [-0.05, 0) is 18.9 Å². The first kappa shape index (κ1) is 11.5. The van der Waals surface area contributed by atoms with E-state index in [0.29, 0.717) is 0 Å². The molecule has 1 aromatic heterocycles. The number of nitrogens with zero attached hydrogens (tertiary/aromatic N) is 2. The number of anilines is 1. The molecule has 90 valence electrons. The van der Waals surface area contributed by atoms with Crippen molar-refractivity contribution in [1.29, 1.82) is 0 Å². The quantitative estimate of drug-likeness (QED) is 0.790. The normalized spacial score (nSPS) is 14.9. The third-order valence-corrected chi connectivity index (χ3v) is 2.76. The minimum atomic E-state index is -0.549. The van der Waals surface area contributed by atoms with Crippen molar-refractivity contribution >= 4 is 17.8 Å². The summed E-state index contributed by atoms with van der Waals surface area (Å²) in [7, 11) is 1.27. The van der Waals surface area contributed by atoms with Crippen LogP contribution in [0, 0.1) is 5.92 Å². The van der Waals surface area contributed by atoms with Crippen molar-refractivity contribution in [1.82, 2.24) is 9.97 Å². The average molecular weight is 235 g/mol. The number of rotatable bonds is 3. The molecule has 6 heteroatoms. The second kappa shape index (κ2) is 4.90. The Morgan fingerprint density at radius 3 is 2.82 bits per heavy atom. The molecule has 1 fully saturated rings. The molecule has 1 saturated carbocycles. The highest BCUT2D eigenvalue weighted by Crippen LogP contribution is 2.27. The number of nitrogens with one attached hydrogen (secondary N) is 1. The number of amides is 1. The fraction of sp³-hybridized carbons (Fsp3) is 0.455. The molecule has 0 bridgehead atoms. The molecular formula is C11H13N3O3. The van der Waals surface area contributed by atoms with Crippen LogP contribution in [0.3, 0.4) is 0 Å². The Kier molecular flexibility index (Phi) is 3.32. The molecule has 1 N–H and O–H groups in total. The van der Waals surface area contributed by atoms with Gasteiger partial charge in [-0.2, -0.15) is 0 Å². The molecule has 0 saturated heterocycles. The number of esters is 1. The van der Waals surface area contributed by atoms with E-state index in [1.54, 1.807) is 0 Å². The van der Waals surface area contributed by atoms with E-state index in [-0.39, 0.29) is 23.5 Å². The summed E-state index contributed by atoms with van der Waals surface area (Å²) in [5, 5.41) is 2.59. The van der Waals surface area contributed by atoms with Gasteiger partial charge in [0, 0.05) is 12.1 Å². The maximum absolute atomic E-state index is 11.6. The lowest BCUT2D eigenvalue weighted by atomic mass is 9.85. The van der Waals surface area contributed by atoms with Crippen LogP contribution in [0.2, 0.25) is 0 Å². The minimum Gasteiger partial charge on any atom is -0.464 e. The van der Waals surface area contributed by atoms with Gasteiger partial charge in [-0.3, -0.25) is 10.1 Å². The monoisotopic (exact) mass is 235 g/mol. The standard InChI is InChI=1S/C11H13N3O3/c1-17-10(16)8-5-6-12-11(13-8)14-9(15)7-3-2-4-7/h5-7H,2-4H2,1H3,(H,12,13,14,15). The van der Waals surface area contributed by atoms with Gasteiger partial charge in [-0.1, -0.05) is 6.42 Å². The molecule has 17 heavy (non-hydrogen) atoms. The molecule has 1 aromatic rings. The van der Waals surface area contributed by atoms with Crippen LogP contribution < -0.4 is 5.32 Å². The van der Waals surface area contributed by atoms with Gasteiger partial charge in [0.2, 0.25) is 11.9 Å². The van der Waals surface area contributed by atoms with E-state index < -0.39 is 5.97 Å². The van der Waals surface area contributed by atoms with Crippen molar-refractivity contribution in [3.05, 3.63) is 18.0 Å². The Balaban J connectivity index is 2.05. The molecule has 0 spiro atoms. The third-order valence-electron chi connectivity index (χ3n) is 2.76. The summed E-state index contributed by atoms with van der Waals surface area (Å²) < 4.78 is 4.53. The van der Waals surface area contributed by atoms with Gasteiger partial charge in [0.25, 0.3) is 0 Å². The largest absolute Gasteiger partial charge is 0.464 e. The molecular weight excluding hydrogens is 222 g/mol. The van der Waals surface area contributed by atoms with Crippen LogP contribution in [0.15, 0.2) is 12.3 Å². The number of ether oxygens (including phenoxy) is 1. The van der Waals surface area contributed by atoms with Crippen molar-refractivity contribution in [3.63, 3.8) is 0 Å². The highest BCUT2D eigenvalue weighted by molar-refractivity contribution is 5.92. The summed E-state index contributed by atoms with van der Waals surface area (Å²) in [5.41, 5.74) is 0.131. The van der Waals surface area contributed by atoms with Crippen molar-refractivity contribution in [2.45, 2.75) is 19.3 Å². The van der Waals surface area contributed by atoms with Gasteiger partial charge in [-0.25, -0.2) is 14.8 Å². The summed E-state index contributed by atoms with van der Waals surface area (Å²) >= 11 is 0. The maximum Gasteiger partial charge on any atom is 0.356 e. The zero-order valence-electron chi connectivity index (χ0n) is 9.47. The lowest BCUT2D eigenvalue weighted by Crippen LogP contribution is -2.29. The smallest absolute Gasteiger partial charge is 0.356 e. The third kappa shape index (κ3) is 2.58. The fourth-order valence-electron chi connectivity index (χ4n) is 1.52. The van der Waals surface area contributed by atoms with E-state index in [4.69, 9.17) is 0 Å². The predicted octanol–water partition coefficient (Wildman–Crippen LogP) is 1.00. The Bertz CT molecular complexity index is 443. The van der Waals surface area contributed by atoms with Crippen LogP contribution in [-0.4, -0.2) is 29.0 Å². The molecule has 1 aliphatic carbocycles. The highest BCUT2D eigenvalue weighted by atomic mass is 16.5. The van der Waals surface area contributed by atoms with Gasteiger partial charge in [0.15, 0.2) is 5.69 Å². The van der Waals surface area contributed by atoms with Crippen LogP contribution in [0.4, 0.5) is 5.95 Å². The van der Waals surface area contributed by atoms with E-state index in [1.165, 1.54) is 19.4 Å². The zero-order valence-corrected chi connectivity index (χ0v) is 9.47. The summed E-state index contributed by atoms with van der Waals surface area (Å²) in [6.07, 6.45) is 4.31. The lowest BCUT2D eigenvalue weighted by Gasteiger charge is -2.23. The van der Waals surface area contributed by atoms with E-state index in [9.17, 15) is 9.59 Å². The van der Waals surface area contributed by atoms with E-state index in [2.05, 4.69) is 20.0 Å². The molecule has 0 atom stereocenters. The molecule has 0 aliphatic heterocycles. The molecule has 1 amide bonds. The van der Waals surface area contributed by atoms with Crippen LogP contribution in [0.25, 0.3) is 0 Å². The molecule has 0 unspecified atom stereocenters. The number of hydrogen-bond donors (Lipinski definition) is 1. The maximum atomic E-state index is 11.6. The zero-order chi connectivity index (χ0) is 12.3. The summed E-state index contributed by atoms with van der Waals surface area (Å²) in [6, 6.07) is 1.44. The first-order valence-electron chi connectivity index (χ1n) is 5.43. The first-order valence-corrected chi connectivity index (χ1v) is 5.43. The van der Waals surface area contributed by atoms with Crippen LogP contribution >= 0.6 is 0 Å². The Morgan fingerprint density at radius 1 is 1.47 bits per heavy atom. The number of carbonyl (C=O) groups excluding carboxylic acids is 2. The van der Waals surface area contributed by atoms with E-state index >= 15 is 0 Å². The minimum absolute atomic E-state index is 0.0559. The molecule has 2 rings (SSSR count). The fourth-order valence-corrected chi connectivity index (χ4v) is 1.52. The van der Waals surface area contributed by atoms with Crippen molar-refractivity contribution in [2.75, 3.05) is 12.4 Å². The van der Waals surface area contributed by atoms with Crippen molar-refractivity contribution in [2.24, 2.45) is 5.92 Å². The summed E-state index contributed by atoms with van der Waals surface area (Å²) in [5.74, 6) is -0.435. The van der Waals surface area contributed by atoms with Gasteiger partial charge in [-0.15, -0.1) is 0 Å². The Labute approximate surface area is 98.4 Å². The van der Waals surface area contributed by atoms with Crippen LogP contribution in [0.5, 0.6) is 0 Å². The second-order valence-corrected chi connectivity index (χ2v) is 3.87. The van der Waals surface area contributed by atoms with Gasteiger partial charge in [0.1, 0.15) is 0 Å². The van der Waals surface area contributed by atoms with Gasteiger partial charge in [0.05, 0.1) is 7.11 Å². The van der Waals surface area contributed by atoms with Crippen LogP contribution in [0.1, 0.15) is 29.8 Å². The number of methoxy groups -OCH3 is 1. The predicted molar refractivity (Wildman–Crippen MR) is 59.3 cm³/mol. The Morgan fingerprint density at radius 2 is 2.24 bits per heavy atom. The van der Waals surface area contributed by atoms with Gasteiger partial charge >= 0.3 is 5.97 Å². The van der Waals surface area contributed by atoms with Gasteiger partial charge < -0.3 is 4.74 Å². The number of aromatic nitrogens is 2. The second-order valence-electron chi connectivity index (χ2n) is 3.87. The summed E-state index contributed by atoms with van der Waals surface area (Å²) in [6.45, 7) is 0. The SMILES string of the molecule is COC(=O)c1ccnc(NC(=O)C2CCC2)n1. The highest BCUT2D eigenvalue weighted by Gasteiger charge is 2.25. The topological polar surface area (TPSA) is 81.2 Å². The Hall–Kier alpha value is -1.98. The van der Waals surface area contributed by atoms with E-state index in [0.717, 1.165) is 19.3 Å². The number of hydrogen-bond acceptors (Lipinski definition) is 5. The molecule has 1 heterocycles. The number of carbonyl (C=O) groups is 2. The van der Waals surface area contributed by atoms with Crippen LogP contribution in [-0.2, 0) is 9.53 Å². The first-order chi connectivity index (χ1) is 8.20. The van der Waals surface area contributed by atoms with Crippen molar-refractivity contribution in [3.8, 4) is 0 Å². The molecule has 6 nitrogen and oxygen atoms in total. The lowest BCUT2D eigenvalue weighted by molar-refractivity contribution is -0.122. The van der Waals surface area contributed by atoms with Crippen molar-refractivity contribution < 1.29 is 14.3 Å². The molecule has 1 aliphatic rings. The molecule has 0 radical (unpaired) electrons. The average Bonchev–Trinajstić information content (AvgIpc) is 2.26. The van der Waals surface area contributed by atoms with E-state index in [1.807, 2.05) is 0 Å².